The molecular weight excluding hydrogens is 402 g/mol. The van der Waals surface area contributed by atoms with Crippen LogP contribution < -0.4 is 10.9 Å². The van der Waals surface area contributed by atoms with Gasteiger partial charge in [-0.15, -0.1) is 0 Å². The normalized spacial score (nSPS) is 10.9. The van der Waals surface area contributed by atoms with Crippen LogP contribution in [-0.4, -0.2) is 20.4 Å². The van der Waals surface area contributed by atoms with E-state index in [1.807, 2.05) is 30.3 Å². The number of pyridine rings is 3. The van der Waals surface area contributed by atoms with Crippen LogP contribution in [0.1, 0.15) is 27.3 Å². The van der Waals surface area contributed by atoms with Gasteiger partial charge in [-0.1, -0.05) is 30.3 Å². The standard InChI is InChI=1S/C23H18F2N4O2/c1-14-17(22(30)27-11-16-9-19(24)20(25)12-26-16)10-18-21(28-14)7-8-29(23(18)31)13-15-5-3-2-4-6-15/h2-10,12H,11,13H2,1H3,(H,27,30). The van der Waals surface area contributed by atoms with Gasteiger partial charge in [0.25, 0.3) is 11.5 Å². The lowest BCUT2D eigenvalue weighted by Crippen LogP contribution is -2.26. The fraction of sp³-hybridized carbons (Fsp3) is 0.130. The van der Waals surface area contributed by atoms with Gasteiger partial charge in [0.15, 0.2) is 11.6 Å². The minimum absolute atomic E-state index is 0.0967. The number of aromatic nitrogens is 3. The van der Waals surface area contributed by atoms with Crippen molar-refractivity contribution in [2.45, 2.75) is 20.0 Å². The van der Waals surface area contributed by atoms with Crippen molar-refractivity contribution in [1.82, 2.24) is 19.9 Å². The van der Waals surface area contributed by atoms with Gasteiger partial charge in [-0.3, -0.25) is 19.6 Å². The molecule has 0 saturated heterocycles. The van der Waals surface area contributed by atoms with E-state index in [2.05, 4.69) is 15.3 Å². The number of benzene rings is 1. The van der Waals surface area contributed by atoms with Crippen LogP contribution in [0.15, 0.2) is 65.7 Å². The summed E-state index contributed by atoms with van der Waals surface area (Å²) in [5, 5.41) is 2.92. The molecule has 31 heavy (non-hydrogen) atoms. The average molecular weight is 420 g/mol. The van der Waals surface area contributed by atoms with Gasteiger partial charge in [-0.25, -0.2) is 8.78 Å². The van der Waals surface area contributed by atoms with Crippen molar-refractivity contribution < 1.29 is 13.6 Å². The number of rotatable bonds is 5. The van der Waals surface area contributed by atoms with Crippen molar-refractivity contribution in [3.05, 3.63) is 105 Å². The maximum Gasteiger partial charge on any atom is 0.260 e. The first kappa shape index (κ1) is 20.3. The van der Waals surface area contributed by atoms with Crippen LogP contribution in [0.4, 0.5) is 8.78 Å². The minimum Gasteiger partial charge on any atom is -0.346 e. The van der Waals surface area contributed by atoms with Crippen LogP contribution in [-0.2, 0) is 13.1 Å². The van der Waals surface area contributed by atoms with E-state index in [4.69, 9.17) is 0 Å². The fourth-order valence-corrected chi connectivity index (χ4v) is 3.26. The SMILES string of the molecule is Cc1nc2ccn(Cc3ccccc3)c(=O)c2cc1C(=O)NCc1cc(F)c(F)cn1. The number of amides is 1. The molecule has 0 saturated carbocycles. The van der Waals surface area contributed by atoms with E-state index >= 15 is 0 Å². The number of halogens is 2. The number of fused-ring (bicyclic) bond motifs is 1. The van der Waals surface area contributed by atoms with E-state index in [-0.39, 0.29) is 23.4 Å². The predicted octanol–water partition coefficient (Wildman–Crippen LogP) is 3.36. The molecule has 0 bridgehead atoms. The quantitative estimate of drug-likeness (QED) is 0.537. The van der Waals surface area contributed by atoms with Crippen molar-refractivity contribution in [1.29, 1.82) is 0 Å². The Kier molecular flexibility index (Phi) is 5.53. The van der Waals surface area contributed by atoms with Gasteiger partial charge < -0.3 is 9.88 Å². The molecule has 0 aliphatic rings. The van der Waals surface area contributed by atoms with Crippen LogP contribution in [0.25, 0.3) is 10.9 Å². The van der Waals surface area contributed by atoms with E-state index in [1.54, 1.807) is 23.8 Å². The smallest absolute Gasteiger partial charge is 0.260 e. The van der Waals surface area contributed by atoms with Crippen molar-refractivity contribution >= 4 is 16.8 Å². The lowest BCUT2D eigenvalue weighted by Gasteiger charge is -2.11. The Morgan fingerprint density at radius 1 is 1.10 bits per heavy atom. The molecule has 1 N–H and O–H groups in total. The zero-order valence-electron chi connectivity index (χ0n) is 16.6. The first-order valence-corrected chi connectivity index (χ1v) is 9.55. The van der Waals surface area contributed by atoms with Crippen molar-refractivity contribution in [2.75, 3.05) is 0 Å². The van der Waals surface area contributed by atoms with Gasteiger partial charge in [-0.2, -0.15) is 0 Å². The second-order valence-electron chi connectivity index (χ2n) is 7.06. The van der Waals surface area contributed by atoms with Crippen molar-refractivity contribution in [2.24, 2.45) is 0 Å². The molecule has 0 fully saturated rings. The molecule has 1 aromatic carbocycles. The maximum atomic E-state index is 13.3. The monoisotopic (exact) mass is 420 g/mol. The molecule has 6 nitrogen and oxygen atoms in total. The summed E-state index contributed by atoms with van der Waals surface area (Å²) >= 11 is 0. The van der Waals surface area contributed by atoms with E-state index in [0.29, 0.717) is 23.1 Å². The van der Waals surface area contributed by atoms with E-state index in [9.17, 15) is 18.4 Å². The summed E-state index contributed by atoms with van der Waals surface area (Å²) in [6, 6.07) is 13.7. The fourth-order valence-electron chi connectivity index (χ4n) is 3.26. The number of hydrogen-bond acceptors (Lipinski definition) is 4. The average Bonchev–Trinajstić information content (AvgIpc) is 2.77. The Bertz CT molecular complexity index is 1340. The molecule has 0 spiro atoms. The number of carbonyl (C=O) groups is 1. The van der Waals surface area contributed by atoms with Gasteiger partial charge in [0.05, 0.1) is 47.1 Å². The number of aryl methyl sites for hydroxylation is 1. The number of carbonyl (C=O) groups excluding carboxylic acids is 1. The third-order valence-corrected chi connectivity index (χ3v) is 4.88. The van der Waals surface area contributed by atoms with Gasteiger partial charge in [0.2, 0.25) is 0 Å². The maximum absolute atomic E-state index is 13.3. The molecule has 0 unspecified atom stereocenters. The third kappa shape index (κ3) is 4.32. The minimum atomic E-state index is -1.06. The van der Waals surface area contributed by atoms with Gasteiger partial charge in [0.1, 0.15) is 0 Å². The van der Waals surface area contributed by atoms with Gasteiger partial charge in [0, 0.05) is 12.3 Å². The first-order valence-electron chi connectivity index (χ1n) is 9.55. The Morgan fingerprint density at radius 3 is 2.61 bits per heavy atom. The topological polar surface area (TPSA) is 76.9 Å². The highest BCUT2D eigenvalue weighted by Crippen LogP contribution is 2.14. The molecule has 3 aromatic heterocycles. The predicted molar refractivity (Wildman–Crippen MR) is 112 cm³/mol. The zero-order valence-corrected chi connectivity index (χ0v) is 16.6. The van der Waals surface area contributed by atoms with Crippen LogP contribution in [0.3, 0.4) is 0 Å². The lowest BCUT2D eigenvalue weighted by atomic mass is 10.1. The molecule has 0 aliphatic heterocycles. The Hall–Kier alpha value is -3.94. The molecule has 156 valence electrons. The summed E-state index contributed by atoms with van der Waals surface area (Å²) in [5.74, 6) is -2.59. The lowest BCUT2D eigenvalue weighted by molar-refractivity contribution is 0.0949. The molecule has 0 aliphatic carbocycles. The summed E-state index contributed by atoms with van der Waals surface area (Å²) in [4.78, 5) is 33.8. The molecule has 1 amide bonds. The van der Waals surface area contributed by atoms with Crippen LogP contribution >= 0.6 is 0 Å². The molecule has 4 aromatic rings. The third-order valence-electron chi connectivity index (χ3n) is 4.88. The Morgan fingerprint density at radius 2 is 1.87 bits per heavy atom. The Labute approximate surface area is 176 Å². The highest BCUT2D eigenvalue weighted by Gasteiger charge is 2.15. The highest BCUT2D eigenvalue weighted by atomic mass is 19.2. The van der Waals surface area contributed by atoms with E-state index in [0.717, 1.165) is 17.8 Å². The number of hydrogen-bond donors (Lipinski definition) is 1. The van der Waals surface area contributed by atoms with Crippen LogP contribution in [0.5, 0.6) is 0 Å². The Balaban J connectivity index is 1.61. The summed E-state index contributed by atoms with van der Waals surface area (Å²) < 4.78 is 27.9. The van der Waals surface area contributed by atoms with Crippen LogP contribution in [0.2, 0.25) is 0 Å². The van der Waals surface area contributed by atoms with Gasteiger partial charge >= 0.3 is 0 Å². The molecule has 3 heterocycles. The zero-order chi connectivity index (χ0) is 22.0. The second kappa shape index (κ2) is 8.43. The first-order chi connectivity index (χ1) is 14.9. The number of nitrogens with one attached hydrogen (secondary N) is 1. The van der Waals surface area contributed by atoms with Gasteiger partial charge in [-0.05, 0) is 24.6 Å². The van der Waals surface area contributed by atoms with E-state index < -0.39 is 17.5 Å². The molecule has 4 rings (SSSR count). The highest BCUT2D eigenvalue weighted by molar-refractivity contribution is 5.98. The molecule has 8 heteroatoms. The molecule has 0 atom stereocenters. The summed E-state index contributed by atoms with van der Waals surface area (Å²) in [6.07, 6.45) is 2.44. The number of nitrogens with zero attached hydrogens (tertiary/aromatic N) is 3. The summed E-state index contributed by atoms with van der Waals surface area (Å²) in [5.41, 5.74) is 2.05. The summed E-state index contributed by atoms with van der Waals surface area (Å²) in [6.45, 7) is 1.97. The second-order valence-corrected chi connectivity index (χ2v) is 7.06. The molecular formula is C23H18F2N4O2. The molecule has 0 radical (unpaired) electrons. The largest absolute Gasteiger partial charge is 0.346 e. The summed E-state index contributed by atoms with van der Waals surface area (Å²) in [7, 11) is 0. The van der Waals surface area contributed by atoms with Crippen molar-refractivity contribution in [3.63, 3.8) is 0 Å². The van der Waals surface area contributed by atoms with Crippen LogP contribution in [0, 0.1) is 18.6 Å². The van der Waals surface area contributed by atoms with Crippen molar-refractivity contribution in [3.8, 4) is 0 Å². The van der Waals surface area contributed by atoms with E-state index in [1.165, 1.54) is 6.07 Å².